The zero-order chi connectivity index (χ0) is 15.3. The minimum atomic E-state index is -0.544. The van der Waals surface area contributed by atoms with Crippen LogP contribution in [-0.4, -0.2) is 46.3 Å². The van der Waals surface area contributed by atoms with Gasteiger partial charge in [-0.05, 0) is 37.2 Å². The molecule has 5 heteroatoms. The summed E-state index contributed by atoms with van der Waals surface area (Å²) in [6, 6.07) is -0.316. The Labute approximate surface area is 132 Å². The van der Waals surface area contributed by atoms with E-state index in [2.05, 4.69) is 12.2 Å². The fraction of sp³-hybridized carbons (Fsp3) is 0.875. The molecule has 2 rings (SSSR count). The summed E-state index contributed by atoms with van der Waals surface area (Å²) in [6.07, 6.45) is 6.62. The Morgan fingerprint density at radius 2 is 1.95 bits per heavy atom. The van der Waals surface area contributed by atoms with E-state index in [4.69, 9.17) is 0 Å². The van der Waals surface area contributed by atoms with E-state index in [0.717, 1.165) is 50.2 Å². The smallest absolute Gasteiger partial charge is 0.246 e. The summed E-state index contributed by atoms with van der Waals surface area (Å²) >= 11 is 1.90. The van der Waals surface area contributed by atoms with Crippen molar-refractivity contribution < 1.29 is 9.59 Å². The highest BCUT2D eigenvalue weighted by molar-refractivity contribution is 7.99. The van der Waals surface area contributed by atoms with E-state index in [9.17, 15) is 9.59 Å². The van der Waals surface area contributed by atoms with Gasteiger partial charge in [0.2, 0.25) is 11.8 Å². The fourth-order valence-electron chi connectivity index (χ4n) is 3.58. The Balaban J connectivity index is 2.14. The predicted molar refractivity (Wildman–Crippen MR) is 87.4 cm³/mol. The minimum absolute atomic E-state index is 0.0943. The fourth-order valence-corrected chi connectivity index (χ4v) is 4.20. The molecule has 4 nitrogen and oxygen atoms in total. The molecule has 2 amide bonds. The maximum Gasteiger partial charge on any atom is 0.246 e. The summed E-state index contributed by atoms with van der Waals surface area (Å²) in [5.41, 5.74) is -0.544. The first-order valence-corrected chi connectivity index (χ1v) is 9.51. The highest BCUT2D eigenvalue weighted by Gasteiger charge is 2.51. The summed E-state index contributed by atoms with van der Waals surface area (Å²) in [7, 11) is 0. The lowest BCUT2D eigenvalue weighted by Gasteiger charge is -2.50. The van der Waals surface area contributed by atoms with Crippen LogP contribution in [-0.2, 0) is 9.59 Å². The van der Waals surface area contributed by atoms with Crippen LogP contribution < -0.4 is 5.32 Å². The largest absolute Gasteiger partial charge is 0.342 e. The van der Waals surface area contributed by atoms with Gasteiger partial charge in [-0.3, -0.25) is 9.59 Å². The zero-order valence-corrected chi connectivity index (χ0v) is 14.1. The van der Waals surface area contributed by atoms with Crippen molar-refractivity contribution in [1.29, 1.82) is 0 Å². The molecular weight excluding hydrogens is 284 g/mol. The van der Waals surface area contributed by atoms with Gasteiger partial charge in [0.15, 0.2) is 0 Å². The monoisotopic (exact) mass is 312 g/mol. The van der Waals surface area contributed by atoms with E-state index in [1.165, 1.54) is 6.42 Å². The number of piperazine rings is 1. The maximum absolute atomic E-state index is 12.7. The molecule has 1 aliphatic heterocycles. The molecule has 1 N–H and O–H groups in total. The Hall–Kier alpha value is -0.710. The van der Waals surface area contributed by atoms with Gasteiger partial charge < -0.3 is 10.2 Å². The molecule has 0 aromatic carbocycles. The first kappa shape index (κ1) is 16.7. The van der Waals surface area contributed by atoms with E-state index in [-0.39, 0.29) is 17.9 Å². The lowest BCUT2D eigenvalue weighted by atomic mass is 9.77. The second kappa shape index (κ2) is 7.52. The normalized spacial score (nSPS) is 25.2. The van der Waals surface area contributed by atoms with Gasteiger partial charge in [0.1, 0.15) is 11.6 Å². The first-order valence-electron chi connectivity index (χ1n) is 8.36. The molecule has 0 bridgehead atoms. The molecule has 21 heavy (non-hydrogen) atoms. The van der Waals surface area contributed by atoms with Gasteiger partial charge in [-0.15, -0.1) is 0 Å². The molecule has 1 aliphatic carbocycles. The quantitative estimate of drug-likeness (QED) is 0.767. The molecule has 0 aromatic rings. The topological polar surface area (TPSA) is 49.4 Å². The molecule has 1 saturated carbocycles. The van der Waals surface area contributed by atoms with E-state index < -0.39 is 5.54 Å². The lowest BCUT2D eigenvalue weighted by molar-refractivity contribution is -0.160. The predicted octanol–water partition coefficient (Wildman–Crippen LogP) is 2.57. The van der Waals surface area contributed by atoms with Crippen molar-refractivity contribution in [1.82, 2.24) is 10.2 Å². The van der Waals surface area contributed by atoms with Gasteiger partial charge in [-0.1, -0.05) is 33.1 Å². The van der Waals surface area contributed by atoms with Crippen molar-refractivity contribution in [2.45, 2.75) is 70.4 Å². The summed E-state index contributed by atoms with van der Waals surface area (Å²) in [5, 5.41) is 2.97. The Bertz CT molecular complexity index is 380. The third-order valence-electron chi connectivity index (χ3n) is 4.77. The van der Waals surface area contributed by atoms with Crippen LogP contribution in [0.3, 0.4) is 0 Å². The number of rotatable bonds is 6. The van der Waals surface area contributed by atoms with Crippen LogP contribution in [0.4, 0.5) is 0 Å². The number of thioether (sulfide) groups is 1. The molecule has 0 radical (unpaired) electrons. The highest BCUT2D eigenvalue weighted by Crippen LogP contribution is 2.37. The summed E-state index contributed by atoms with van der Waals surface area (Å²) in [4.78, 5) is 27.4. The maximum atomic E-state index is 12.7. The number of hydrogen-bond donors (Lipinski definition) is 1. The number of carbonyl (C=O) groups is 2. The number of hydrogen-bond acceptors (Lipinski definition) is 3. The second-order valence-electron chi connectivity index (χ2n) is 6.07. The second-order valence-corrected chi connectivity index (χ2v) is 7.46. The molecule has 120 valence electrons. The van der Waals surface area contributed by atoms with E-state index >= 15 is 0 Å². The van der Waals surface area contributed by atoms with Crippen molar-refractivity contribution in [3.63, 3.8) is 0 Å². The van der Waals surface area contributed by atoms with Gasteiger partial charge in [0, 0.05) is 6.54 Å². The molecule has 1 spiro atoms. The van der Waals surface area contributed by atoms with E-state index in [1.54, 1.807) is 0 Å². The zero-order valence-electron chi connectivity index (χ0n) is 13.3. The molecular formula is C16H28N2O2S. The number of carbonyl (C=O) groups excluding carboxylic acids is 2. The van der Waals surface area contributed by atoms with Crippen LogP contribution in [0.2, 0.25) is 0 Å². The van der Waals surface area contributed by atoms with E-state index in [1.807, 2.05) is 23.6 Å². The average molecular weight is 312 g/mol. The van der Waals surface area contributed by atoms with Crippen LogP contribution in [0.5, 0.6) is 0 Å². The van der Waals surface area contributed by atoms with Crippen LogP contribution in [0.15, 0.2) is 0 Å². The van der Waals surface area contributed by atoms with Gasteiger partial charge in [0.25, 0.3) is 0 Å². The minimum Gasteiger partial charge on any atom is -0.342 e. The van der Waals surface area contributed by atoms with Crippen LogP contribution in [0.1, 0.15) is 58.8 Å². The highest BCUT2D eigenvalue weighted by atomic mass is 32.2. The van der Waals surface area contributed by atoms with E-state index in [0.29, 0.717) is 6.42 Å². The molecule has 0 aromatic heterocycles. The Morgan fingerprint density at radius 1 is 1.24 bits per heavy atom. The van der Waals surface area contributed by atoms with Crippen molar-refractivity contribution in [3.05, 3.63) is 0 Å². The van der Waals surface area contributed by atoms with Crippen molar-refractivity contribution in [2.24, 2.45) is 0 Å². The summed E-state index contributed by atoms with van der Waals surface area (Å²) in [6.45, 7) is 4.85. The van der Waals surface area contributed by atoms with Gasteiger partial charge in [-0.2, -0.15) is 11.8 Å². The SMILES string of the molecule is CCSCCCN1C(=O)C(CC)NC(=O)C12CCCCC2. The molecule has 2 aliphatic rings. The first-order chi connectivity index (χ1) is 10.2. The van der Waals surface area contributed by atoms with Crippen molar-refractivity contribution >= 4 is 23.6 Å². The summed E-state index contributed by atoms with van der Waals surface area (Å²) in [5.74, 6) is 2.41. The number of amides is 2. The van der Waals surface area contributed by atoms with Crippen LogP contribution >= 0.6 is 11.8 Å². The molecule has 1 atom stereocenters. The van der Waals surface area contributed by atoms with Crippen LogP contribution in [0.25, 0.3) is 0 Å². The number of nitrogens with one attached hydrogen (secondary N) is 1. The Morgan fingerprint density at radius 3 is 2.57 bits per heavy atom. The third kappa shape index (κ3) is 3.38. The van der Waals surface area contributed by atoms with Gasteiger partial charge >= 0.3 is 0 Å². The lowest BCUT2D eigenvalue weighted by Crippen LogP contribution is -2.71. The van der Waals surface area contributed by atoms with Crippen LogP contribution in [0, 0.1) is 0 Å². The van der Waals surface area contributed by atoms with Gasteiger partial charge in [-0.25, -0.2) is 0 Å². The summed E-state index contributed by atoms with van der Waals surface area (Å²) < 4.78 is 0. The van der Waals surface area contributed by atoms with Crippen molar-refractivity contribution in [2.75, 3.05) is 18.1 Å². The molecule has 2 fully saturated rings. The standard InChI is InChI=1S/C16H28N2O2S/c1-3-13-14(19)18(11-8-12-21-4-2)16(15(20)17-13)9-6-5-7-10-16/h13H,3-12H2,1-2H3,(H,17,20). The molecule has 1 heterocycles. The van der Waals surface area contributed by atoms with Crippen molar-refractivity contribution in [3.8, 4) is 0 Å². The van der Waals surface area contributed by atoms with Gasteiger partial charge in [0.05, 0.1) is 0 Å². The average Bonchev–Trinajstić information content (AvgIpc) is 2.51. The third-order valence-corrected chi connectivity index (χ3v) is 5.76. The Kier molecular flexibility index (Phi) is 5.97. The molecule has 1 unspecified atom stereocenters. The molecule has 1 saturated heterocycles. The number of nitrogens with zero attached hydrogens (tertiary/aromatic N) is 1.